The van der Waals surface area contributed by atoms with Gasteiger partial charge in [0, 0.05) is 18.4 Å². The normalized spacial score (nSPS) is 12.3. The van der Waals surface area contributed by atoms with Crippen LogP contribution in [0.25, 0.3) is 0 Å². The van der Waals surface area contributed by atoms with E-state index in [2.05, 4.69) is 47.6 Å². The summed E-state index contributed by atoms with van der Waals surface area (Å²) in [6.07, 6.45) is 7.09. The van der Waals surface area contributed by atoms with Crippen molar-refractivity contribution in [2.45, 2.75) is 32.2 Å². The van der Waals surface area contributed by atoms with Gasteiger partial charge in [-0.3, -0.25) is 4.98 Å². The van der Waals surface area contributed by atoms with Gasteiger partial charge in [0.1, 0.15) is 0 Å². The van der Waals surface area contributed by atoms with Crippen LogP contribution in [0.2, 0.25) is 0 Å². The number of nitrogens with one attached hydrogen (secondary N) is 1. The van der Waals surface area contributed by atoms with Gasteiger partial charge >= 0.3 is 0 Å². The molecule has 1 aromatic heterocycles. The second kappa shape index (κ2) is 7.05. The molecule has 0 radical (unpaired) electrons. The number of likely N-dealkylation sites (N-methyl/N-ethyl adjacent to an activating group) is 1. The predicted molar refractivity (Wildman–Crippen MR) is 80.3 cm³/mol. The van der Waals surface area contributed by atoms with E-state index in [4.69, 9.17) is 0 Å². The minimum atomic E-state index is 0.504. The summed E-state index contributed by atoms with van der Waals surface area (Å²) in [5.74, 6) is 0. The maximum atomic E-state index is 4.18. The number of nitrogens with zero attached hydrogens (tertiary/aromatic N) is 1. The maximum Gasteiger partial charge on any atom is 0.0300 e. The zero-order chi connectivity index (χ0) is 13.5. The Kier molecular flexibility index (Phi) is 5.10. The molecule has 1 heterocycles. The molecule has 0 bridgehead atoms. The van der Waals surface area contributed by atoms with Crippen LogP contribution in [-0.4, -0.2) is 18.1 Å². The fourth-order valence-corrected chi connectivity index (χ4v) is 2.37. The fourth-order valence-electron chi connectivity index (χ4n) is 2.37. The van der Waals surface area contributed by atoms with Crippen LogP contribution in [0.5, 0.6) is 0 Å². The van der Waals surface area contributed by atoms with E-state index < -0.39 is 0 Å². The fraction of sp³-hybridized carbons (Fsp3) is 0.353. The van der Waals surface area contributed by atoms with Crippen molar-refractivity contribution in [2.24, 2.45) is 0 Å². The smallest absolute Gasteiger partial charge is 0.0300 e. The lowest BCUT2D eigenvalue weighted by Gasteiger charge is -2.16. The molecule has 0 aliphatic carbocycles. The Morgan fingerprint density at radius 3 is 2.68 bits per heavy atom. The third-order valence-electron chi connectivity index (χ3n) is 3.64. The van der Waals surface area contributed by atoms with E-state index in [0.29, 0.717) is 6.04 Å². The first-order chi connectivity index (χ1) is 9.29. The van der Waals surface area contributed by atoms with Gasteiger partial charge in [0.25, 0.3) is 0 Å². The van der Waals surface area contributed by atoms with Gasteiger partial charge < -0.3 is 5.32 Å². The molecule has 0 saturated carbocycles. The first-order valence-corrected chi connectivity index (χ1v) is 6.90. The molecule has 100 valence electrons. The molecule has 1 unspecified atom stereocenters. The van der Waals surface area contributed by atoms with Gasteiger partial charge in [0.15, 0.2) is 0 Å². The van der Waals surface area contributed by atoms with Gasteiger partial charge in [0.2, 0.25) is 0 Å². The summed E-state index contributed by atoms with van der Waals surface area (Å²) >= 11 is 0. The number of hydrogen-bond acceptors (Lipinski definition) is 2. The predicted octanol–water partition coefficient (Wildman–Crippen LogP) is 3.15. The Morgan fingerprint density at radius 1 is 1.16 bits per heavy atom. The Bertz CT molecular complexity index is 494. The van der Waals surface area contributed by atoms with Crippen molar-refractivity contribution in [2.75, 3.05) is 7.05 Å². The molecule has 19 heavy (non-hydrogen) atoms. The van der Waals surface area contributed by atoms with Crippen LogP contribution in [0.4, 0.5) is 0 Å². The Morgan fingerprint density at radius 2 is 2.00 bits per heavy atom. The molecule has 2 heteroatoms. The van der Waals surface area contributed by atoms with Crippen LogP contribution in [0.1, 0.15) is 23.1 Å². The standard InChI is InChI=1S/C17H22N2/c1-14-6-3-4-8-16(14)9-10-17(18-2)12-15-7-5-11-19-13-15/h3-8,11,13,17-18H,9-10,12H2,1-2H3. The Balaban J connectivity index is 1.91. The number of aromatic nitrogens is 1. The van der Waals surface area contributed by atoms with Crippen molar-refractivity contribution in [1.29, 1.82) is 0 Å². The first-order valence-electron chi connectivity index (χ1n) is 6.90. The van der Waals surface area contributed by atoms with Crippen molar-refractivity contribution in [1.82, 2.24) is 10.3 Å². The molecule has 0 spiro atoms. The highest BCUT2D eigenvalue weighted by molar-refractivity contribution is 5.25. The monoisotopic (exact) mass is 254 g/mol. The summed E-state index contributed by atoms with van der Waals surface area (Å²) in [4.78, 5) is 4.18. The SMILES string of the molecule is CNC(CCc1ccccc1C)Cc1cccnc1. The molecule has 0 saturated heterocycles. The van der Waals surface area contributed by atoms with Crippen molar-refractivity contribution < 1.29 is 0 Å². The summed E-state index contributed by atoms with van der Waals surface area (Å²) in [7, 11) is 2.04. The second-order valence-corrected chi connectivity index (χ2v) is 5.02. The topological polar surface area (TPSA) is 24.9 Å². The van der Waals surface area contributed by atoms with Gasteiger partial charge in [0.05, 0.1) is 0 Å². The number of benzene rings is 1. The molecule has 0 aliphatic rings. The first kappa shape index (κ1) is 13.8. The molecular formula is C17H22N2. The molecule has 1 aromatic carbocycles. The highest BCUT2D eigenvalue weighted by Crippen LogP contribution is 2.12. The molecule has 2 nitrogen and oxygen atoms in total. The van der Waals surface area contributed by atoms with Crippen LogP contribution < -0.4 is 5.32 Å². The average Bonchev–Trinajstić information content (AvgIpc) is 2.46. The number of pyridine rings is 1. The molecule has 0 aliphatic heterocycles. The molecule has 2 rings (SSSR count). The summed E-state index contributed by atoms with van der Waals surface area (Å²) in [6, 6.07) is 13.3. The largest absolute Gasteiger partial charge is 0.317 e. The third kappa shape index (κ3) is 4.18. The zero-order valence-electron chi connectivity index (χ0n) is 11.8. The highest BCUT2D eigenvalue weighted by Gasteiger charge is 2.08. The summed E-state index contributed by atoms with van der Waals surface area (Å²) in [6.45, 7) is 2.19. The summed E-state index contributed by atoms with van der Waals surface area (Å²) in [5, 5.41) is 3.41. The van der Waals surface area contributed by atoms with Crippen molar-refractivity contribution >= 4 is 0 Å². The van der Waals surface area contributed by atoms with Gasteiger partial charge in [-0.2, -0.15) is 0 Å². The minimum Gasteiger partial charge on any atom is -0.317 e. The van der Waals surface area contributed by atoms with Gasteiger partial charge in [-0.05, 0) is 56.0 Å². The molecule has 1 atom stereocenters. The van der Waals surface area contributed by atoms with Crippen LogP contribution in [-0.2, 0) is 12.8 Å². The van der Waals surface area contributed by atoms with Crippen LogP contribution in [0.15, 0.2) is 48.8 Å². The Labute approximate surface area is 115 Å². The highest BCUT2D eigenvalue weighted by atomic mass is 14.9. The van der Waals surface area contributed by atoms with E-state index >= 15 is 0 Å². The van der Waals surface area contributed by atoms with E-state index in [9.17, 15) is 0 Å². The Hall–Kier alpha value is -1.67. The third-order valence-corrected chi connectivity index (χ3v) is 3.64. The van der Waals surface area contributed by atoms with Crippen LogP contribution in [0, 0.1) is 6.92 Å². The van der Waals surface area contributed by atoms with E-state index in [0.717, 1.165) is 19.3 Å². The maximum absolute atomic E-state index is 4.18. The number of hydrogen-bond donors (Lipinski definition) is 1. The second-order valence-electron chi connectivity index (χ2n) is 5.02. The van der Waals surface area contributed by atoms with E-state index in [1.54, 1.807) is 0 Å². The van der Waals surface area contributed by atoms with Gasteiger partial charge in [-0.15, -0.1) is 0 Å². The van der Waals surface area contributed by atoms with Crippen molar-refractivity contribution in [3.8, 4) is 0 Å². The number of aryl methyl sites for hydroxylation is 2. The summed E-state index contributed by atoms with van der Waals surface area (Å²) in [5.41, 5.74) is 4.14. The van der Waals surface area contributed by atoms with E-state index in [1.165, 1.54) is 16.7 Å². The van der Waals surface area contributed by atoms with Gasteiger partial charge in [-0.1, -0.05) is 30.3 Å². The average molecular weight is 254 g/mol. The quantitative estimate of drug-likeness (QED) is 0.856. The lowest BCUT2D eigenvalue weighted by Crippen LogP contribution is -2.28. The van der Waals surface area contributed by atoms with Gasteiger partial charge in [-0.25, -0.2) is 0 Å². The molecular weight excluding hydrogens is 232 g/mol. The zero-order valence-corrected chi connectivity index (χ0v) is 11.8. The molecule has 0 fully saturated rings. The van der Waals surface area contributed by atoms with E-state index in [-0.39, 0.29) is 0 Å². The molecule has 1 N–H and O–H groups in total. The minimum absolute atomic E-state index is 0.504. The summed E-state index contributed by atoms with van der Waals surface area (Å²) < 4.78 is 0. The van der Waals surface area contributed by atoms with Crippen LogP contribution in [0.3, 0.4) is 0 Å². The molecule has 2 aromatic rings. The van der Waals surface area contributed by atoms with E-state index in [1.807, 2.05) is 25.5 Å². The molecule has 0 amide bonds. The van der Waals surface area contributed by atoms with Crippen molar-refractivity contribution in [3.63, 3.8) is 0 Å². The van der Waals surface area contributed by atoms with Crippen molar-refractivity contribution in [3.05, 3.63) is 65.5 Å². The lowest BCUT2D eigenvalue weighted by atomic mass is 9.98. The van der Waals surface area contributed by atoms with Crippen LogP contribution >= 0.6 is 0 Å². The lowest BCUT2D eigenvalue weighted by molar-refractivity contribution is 0.519. The number of rotatable bonds is 6.